The van der Waals surface area contributed by atoms with Gasteiger partial charge in [0.25, 0.3) is 0 Å². The van der Waals surface area contributed by atoms with Crippen molar-refractivity contribution >= 4 is 0 Å². The number of aryl methyl sites for hydroxylation is 1. The zero-order valence-corrected chi connectivity index (χ0v) is 10.4. The van der Waals surface area contributed by atoms with Crippen LogP contribution < -0.4 is 10.6 Å². The molecular weight excluding hydrogens is 204 g/mol. The zero-order chi connectivity index (χ0) is 11.8. The third-order valence-electron chi connectivity index (χ3n) is 2.35. The Morgan fingerprint density at radius 2 is 2.38 bits per heavy atom. The molecule has 2 N–H and O–H groups in total. The van der Waals surface area contributed by atoms with Crippen molar-refractivity contribution in [3.05, 3.63) is 18.0 Å². The molecule has 1 rings (SSSR count). The van der Waals surface area contributed by atoms with Crippen molar-refractivity contribution in [3.8, 4) is 0 Å². The minimum Gasteiger partial charge on any atom is -0.383 e. The minimum absolute atomic E-state index is 0.442. The van der Waals surface area contributed by atoms with Gasteiger partial charge in [0.1, 0.15) is 0 Å². The molecule has 0 amide bonds. The number of ether oxygens (including phenoxy) is 1. The van der Waals surface area contributed by atoms with Crippen molar-refractivity contribution in [2.24, 2.45) is 7.05 Å². The quantitative estimate of drug-likeness (QED) is 0.619. The van der Waals surface area contributed by atoms with E-state index in [-0.39, 0.29) is 0 Å². The first-order valence-corrected chi connectivity index (χ1v) is 5.63. The second-order valence-corrected chi connectivity index (χ2v) is 4.00. The number of aromatic nitrogens is 2. The molecule has 0 fully saturated rings. The maximum Gasteiger partial charge on any atom is 0.0587 e. The molecule has 0 spiro atoms. The zero-order valence-electron chi connectivity index (χ0n) is 10.4. The van der Waals surface area contributed by atoms with Gasteiger partial charge in [0.2, 0.25) is 0 Å². The number of methoxy groups -OCH3 is 1. The summed E-state index contributed by atoms with van der Waals surface area (Å²) in [5.74, 6) is 0. The lowest BCUT2D eigenvalue weighted by Gasteiger charge is -2.13. The second kappa shape index (κ2) is 7.38. The largest absolute Gasteiger partial charge is 0.383 e. The first-order valence-electron chi connectivity index (χ1n) is 5.63. The molecule has 0 aromatic carbocycles. The molecule has 16 heavy (non-hydrogen) atoms. The van der Waals surface area contributed by atoms with Gasteiger partial charge in [0, 0.05) is 51.6 Å². The van der Waals surface area contributed by atoms with Crippen molar-refractivity contribution in [1.29, 1.82) is 0 Å². The van der Waals surface area contributed by atoms with E-state index in [1.165, 1.54) is 5.56 Å². The maximum atomic E-state index is 4.96. The van der Waals surface area contributed by atoms with Gasteiger partial charge in [0.15, 0.2) is 0 Å². The lowest BCUT2D eigenvalue weighted by atomic mass is 10.3. The first-order chi connectivity index (χ1) is 7.72. The van der Waals surface area contributed by atoms with Gasteiger partial charge in [-0.25, -0.2) is 0 Å². The fourth-order valence-corrected chi connectivity index (χ4v) is 1.42. The van der Waals surface area contributed by atoms with Crippen molar-refractivity contribution in [1.82, 2.24) is 20.4 Å². The summed E-state index contributed by atoms with van der Waals surface area (Å²) in [5, 5.41) is 10.9. The van der Waals surface area contributed by atoms with E-state index in [0.29, 0.717) is 6.04 Å². The summed E-state index contributed by atoms with van der Waals surface area (Å²) >= 11 is 0. The van der Waals surface area contributed by atoms with Gasteiger partial charge in [-0.05, 0) is 6.92 Å². The van der Waals surface area contributed by atoms with Crippen LogP contribution in [0, 0.1) is 0 Å². The van der Waals surface area contributed by atoms with Crippen molar-refractivity contribution in [3.63, 3.8) is 0 Å². The molecule has 1 atom stereocenters. The molecule has 0 aliphatic carbocycles. The summed E-state index contributed by atoms with van der Waals surface area (Å²) in [6.07, 6.45) is 3.91. The monoisotopic (exact) mass is 226 g/mol. The van der Waals surface area contributed by atoms with Crippen LogP contribution in [0.2, 0.25) is 0 Å². The molecule has 0 aliphatic heterocycles. The first kappa shape index (κ1) is 13.2. The predicted octanol–water partition coefficient (Wildman–Crippen LogP) is 0.134. The van der Waals surface area contributed by atoms with Crippen LogP contribution in [0.25, 0.3) is 0 Å². The Morgan fingerprint density at radius 3 is 3.00 bits per heavy atom. The smallest absolute Gasteiger partial charge is 0.0587 e. The molecule has 0 aliphatic rings. The minimum atomic E-state index is 0.442. The molecule has 0 saturated carbocycles. The van der Waals surface area contributed by atoms with Crippen molar-refractivity contribution in [2.45, 2.75) is 19.5 Å². The summed E-state index contributed by atoms with van der Waals surface area (Å²) < 4.78 is 6.78. The van der Waals surface area contributed by atoms with Crippen LogP contribution in [0.1, 0.15) is 12.5 Å². The van der Waals surface area contributed by atoms with E-state index in [2.05, 4.69) is 22.7 Å². The Hall–Kier alpha value is -0.910. The fraction of sp³-hybridized carbons (Fsp3) is 0.727. The Morgan fingerprint density at radius 1 is 1.56 bits per heavy atom. The number of hydrogen-bond donors (Lipinski definition) is 2. The molecule has 92 valence electrons. The van der Waals surface area contributed by atoms with Gasteiger partial charge in [0.05, 0.1) is 12.8 Å². The van der Waals surface area contributed by atoms with Gasteiger partial charge in [-0.2, -0.15) is 5.10 Å². The van der Waals surface area contributed by atoms with Crippen molar-refractivity contribution in [2.75, 3.05) is 26.8 Å². The highest BCUT2D eigenvalue weighted by Crippen LogP contribution is 1.95. The van der Waals surface area contributed by atoms with E-state index < -0.39 is 0 Å². The normalized spacial score (nSPS) is 12.9. The van der Waals surface area contributed by atoms with E-state index in [4.69, 9.17) is 4.74 Å². The SMILES string of the molecule is COCCNCC(C)NCc1cnn(C)c1. The Kier molecular flexibility index (Phi) is 6.07. The van der Waals surface area contributed by atoms with Gasteiger partial charge in [-0.1, -0.05) is 0 Å². The molecular formula is C11H22N4O. The number of hydrogen-bond acceptors (Lipinski definition) is 4. The summed E-state index contributed by atoms with van der Waals surface area (Å²) in [4.78, 5) is 0. The van der Waals surface area contributed by atoms with Crippen LogP contribution in [-0.4, -0.2) is 42.6 Å². The van der Waals surface area contributed by atoms with Crippen molar-refractivity contribution < 1.29 is 4.74 Å². The highest BCUT2D eigenvalue weighted by Gasteiger charge is 2.01. The van der Waals surface area contributed by atoms with Crippen LogP contribution in [0.5, 0.6) is 0 Å². The van der Waals surface area contributed by atoms with Crippen LogP contribution >= 0.6 is 0 Å². The summed E-state index contributed by atoms with van der Waals surface area (Å²) in [5.41, 5.74) is 1.21. The average molecular weight is 226 g/mol. The van der Waals surface area contributed by atoms with Gasteiger partial charge >= 0.3 is 0 Å². The fourth-order valence-electron chi connectivity index (χ4n) is 1.42. The van der Waals surface area contributed by atoms with Crippen LogP contribution in [-0.2, 0) is 18.3 Å². The third-order valence-corrected chi connectivity index (χ3v) is 2.35. The molecule has 1 unspecified atom stereocenters. The molecule has 1 heterocycles. The average Bonchev–Trinajstić information content (AvgIpc) is 2.68. The van der Waals surface area contributed by atoms with Gasteiger partial charge in [-0.3, -0.25) is 4.68 Å². The highest BCUT2D eigenvalue weighted by molar-refractivity contribution is 5.02. The third kappa shape index (κ3) is 5.25. The Balaban J connectivity index is 2.08. The van der Waals surface area contributed by atoms with E-state index in [9.17, 15) is 0 Å². The second-order valence-electron chi connectivity index (χ2n) is 4.00. The summed E-state index contributed by atoms with van der Waals surface area (Å²) in [7, 11) is 3.64. The summed E-state index contributed by atoms with van der Waals surface area (Å²) in [6, 6.07) is 0.442. The topological polar surface area (TPSA) is 51.1 Å². The standard InChI is InChI=1S/C11H22N4O/c1-10(6-12-4-5-16-3)13-7-11-8-14-15(2)9-11/h8-10,12-13H,4-7H2,1-3H3. The lowest BCUT2D eigenvalue weighted by molar-refractivity contribution is 0.198. The summed E-state index contributed by atoms with van der Waals surface area (Å²) in [6.45, 7) is 5.63. The predicted molar refractivity (Wildman–Crippen MR) is 64.3 cm³/mol. The molecule has 5 nitrogen and oxygen atoms in total. The highest BCUT2D eigenvalue weighted by atomic mass is 16.5. The number of nitrogens with zero attached hydrogens (tertiary/aromatic N) is 2. The van der Waals surface area contributed by atoms with Crippen LogP contribution in [0.4, 0.5) is 0 Å². The molecule has 5 heteroatoms. The molecule has 0 bridgehead atoms. The van der Waals surface area contributed by atoms with Crippen LogP contribution in [0.3, 0.4) is 0 Å². The van der Waals surface area contributed by atoms with E-state index in [1.807, 2.05) is 24.1 Å². The molecule has 0 saturated heterocycles. The Labute approximate surface area is 97.2 Å². The lowest BCUT2D eigenvalue weighted by Crippen LogP contribution is -2.37. The molecule has 0 radical (unpaired) electrons. The van der Waals surface area contributed by atoms with Gasteiger partial charge in [-0.15, -0.1) is 0 Å². The maximum absolute atomic E-state index is 4.96. The Bertz CT molecular complexity index is 287. The number of nitrogens with one attached hydrogen (secondary N) is 2. The van der Waals surface area contributed by atoms with Crippen LogP contribution in [0.15, 0.2) is 12.4 Å². The number of rotatable bonds is 8. The van der Waals surface area contributed by atoms with Gasteiger partial charge < -0.3 is 15.4 Å². The van der Waals surface area contributed by atoms with E-state index in [1.54, 1.807) is 7.11 Å². The molecule has 1 aromatic rings. The van der Waals surface area contributed by atoms with E-state index in [0.717, 1.165) is 26.2 Å². The molecule has 1 aromatic heterocycles. The van der Waals surface area contributed by atoms with E-state index >= 15 is 0 Å².